The molecule has 0 unspecified atom stereocenters. The second-order valence-corrected chi connectivity index (χ2v) is 29.9. The monoisotopic (exact) mass is 1050 g/mol. The molecule has 0 atom stereocenters. The van der Waals surface area contributed by atoms with Gasteiger partial charge in [-0.05, 0) is 202 Å². The first-order valence-corrected chi connectivity index (χ1v) is 29.6. The molecule has 0 heteroatoms. The van der Waals surface area contributed by atoms with Gasteiger partial charge in [0.2, 0.25) is 0 Å². The molecule has 0 fully saturated rings. The van der Waals surface area contributed by atoms with Crippen molar-refractivity contribution in [1.82, 2.24) is 0 Å². The van der Waals surface area contributed by atoms with E-state index in [0.29, 0.717) is 0 Å². The van der Waals surface area contributed by atoms with Crippen LogP contribution in [-0.4, -0.2) is 0 Å². The zero-order chi connectivity index (χ0) is 57.2. The predicted octanol–water partition coefficient (Wildman–Crippen LogP) is 22.5. The highest BCUT2D eigenvalue weighted by Gasteiger charge is 2.44. The van der Waals surface area contributed by atoms with Crippen LogP contribution in [0.2, 0.25) is 0 Å². The summed E-state index contributed by atoms with van der Waals surface area (Å²) in [5, 5.41) is 0. The summed E-state index contributed by atoms with van der Waals surface area (Å²) in [6.45, 7) is 41.6. The predicted molar refractivity (Wildman–Crippen MR) is 346 cm³/mol. The van der Waals surface area contributed by atoms with E-state index in [1.165, 1.54) is 134 Å². The van der Waals surface area contributed by atoms with Crippen LogP contribution in [0.25, 0.3) is 66.8 Å². The highest BCUT2D eigenvalue weighted by molar-refractivity contribution is 5.93. The summed E-state index contributed by atoms with van der Waals surface area (Å²) in [7, 11) is 0. The molecule has 9 aromatic rings. The van der Waals surface area contributed by atoms with Gasteiger partial charge in [0.1, 0.15) is 0 Å². The molecule has 80 heavy (non-hydrogen) atoms. The zero-order valence-electron chi connectivity index (χ0n) is 51.5. The minimum atomic E-state index is -0.0141. The first-order chi connectivity index (χ1) is 37.4. The molecular weight excluding hydrogens is 961 g/mol. The first kappa shape index (κ1) is 54.9. The van der Waals surface area contributed by atoms with E-state index in [4.69, 9.17) is 0 Å². The molecule has 0 saturated heterocycles. The van der Waals surface area contributed by atoms with Crippen molar-refractivity contribution in [1.29, 1.82) is 0 Å². The molecular formula is C80H86. The van der Waals surface area contributed by atoms with Gasteiger partial charge in [0.15, 0.2) is 0 Å². The van der Waals surface area contributed by atoms with E-state index in [2.05, 4.69) is 307 Å². The van der Waals surface area contributed by atoms with Crippen molar-refractivity contribution >= 4 is 0 Å². The zero-order valence-corrected chi connectivity index (χ0v) is 51.5. The second-order valence-electron chi connectivity index (χ2n) is 29.9. The summed E-state index contributed by atoms with van der Waals surface area (Å²) in [6, 6.07) is 72.6. The molecule has 0 radical (unpaired) electrons. The van der Waals surface area contributed by atoms with Crippen LogP contribution in [-0.2, 0) is 32.5 Å². The van der Waals surface area contributed by atoms with Gasteiger partial charge in [0.25, 0.3) is 0 Å². The van der Waals surface area contributed by atoms with E-state index in [1.54, 1.807) is 0 Å². The lowest BCUT2D eigenvalue weighted by Crippen LogP contribution is -2.28. The Labute approximate surface area is 481 Å². The van der Waals surface area contributed by atoms with Gasteiger partial charge >= 0.3 is 0 Å². The fourth-order valence-electron chi connectivity index (χ4n) is 12.7. The van der Waals surface area contributed by atoms with Crippen LogP contribution in [0.4, 0.5) is 0 Å². The van der Waals surface area contributed by atoms with Crippen molar-refractivity contribution in [3.63, 3.8) is 0 Å². The van der Waals surface area contributed by atoms with Gasteiger partial charge in [0.05, 0.1) is 0 Å². The second kappa shape index (κ2) is 19.3. The molecule has 0 aliphatic heterocycles. The number of rotatable bonds is 6. The lowest BCUT2D eigenvalue weighted by molar-refractivity contribution is 0.590. The first-order valence-electron chi connectivity index (χ1n) is 29.6. The van der Waals surface area contributed by atoms with Crippen LogP contribution in [0.5, 0.6) is 0 Å². The summed E-state index contributed by atoms with van der Waals surface area (Å²) in [6.07, 6.45) is 0. The minimum Gasteiger partial charge on any atom is -0.0579 e. The molecule has 406 valence electrons. The summed E-state index contributed by atoms with van der Waals surface area (Å²) in [4.78, 5) is 0. The van der Waals surface area contributed by atoms with Crippen molar-refractivity contribution < 1.29 is 0 Å². The third-order valence-electron chi connectivity index (χ3n) is 17.9. The molecule has 12 rings (SSSR count). The van der Waals surface area contributed by atoms with E-state index in [0.717, 1.165) is 0 Å². The summed E-state index contributed by atoms with van der Waals surface area (Å²) in [5.74, 6) is -0.0283. The van der Waals surface area contributed by atoms with Crippen molar-refractivity contribution in [2.24, 2.45) is 0 Å². The molecule has 0 aromatic heterocycles. The lowest BCUT2D eigenvalue weighted by Gasteiger charge is -2.44. The van der Waals surface area contributed by atoms with Gasteiger partial charge in [-0.25, -0.2) is 0 Å². The Kier molecular flexibility index (Phi) is 13.3. The average molecular weight is 1050 g/mol. The van der Waals surface area contributed by atoms with Gasteiger partial charge in [0, 0.05) is 11.8 Å². The molecule has 0 amide bonds. The van der Waals surface area contributed by atoms with E-state index < -0.39 is 0 Å². The Balaban J connectivity index is 1.23. The van der Waals surface area contributed by atoms with E-state index in [1.807, 2.05) is 0 Å². The van der Waals surface area contributed by atoms with Gasteiger partial charge in [-0.2, -0.15) is 0 Å². The van der Waals surface area contributed by atoms with E-state index in [-0.39, 0.29) is 44.3 Å². The summed E-state index contributed by atoms with van der Waals surface area (Å²) in [5.41, 5.74) is 32.0. The molecule has 3 aliphatic carbocycles. The topological polar surface area (TPSA) is 0 Å². The van der Waals surface area contributed by atoms with Crippen molar-refractivity contribution in [2.45, 2.75) is 169 Å². The van der Waals surface area contributed by atoms with Crippen LogP contribution in [0, 0.1) is 0 Å². The maximum Gasteiger partial charge on any atom is 0.0349 e. The SMILES string of the molecule is CC(C)(C)c1ccc(-c2cc3c(cc2-c2ccc(C(C)(C)C)cc2)C2c4cc(-c5ccc(C(C)(C)C)cc5)c(-c5ccc(C(C)(C)C)cc5)cc4C3c3cc(-c4ccc(C(C)(C)C)cc4)c(-c4ccc(C(C)(C)C)cc4)cc32)cc1. The van der Waals surface area contributed by atoms with Gasteiger partial charge in [-0.3, -0.25) is 0 Å². The molecule has 9 aromatic carbocycles. The molecule has 2 bridgehead atoms. The minimum absolute atomic E-state index is 0.0141. The van der Waals surface area contributed by atoms with Crippen molar-refractivity contribution in [3.05, 3.63) is 249 Å². The fraction of sp³-hybridized carbons (Fsp3) is 0.325. The summed E-state index contributed by atoms with van der Waals surface area (Å²) >= 11 is 0. The Hall–Kier alpha value is -7.02. The van der Waals surface area contributed by atoms with Crippen molar-refractivity contribution in [3.8, 4) is 66.8 Å². The van der Waals surface area contributed by atoms with E-state index in [9.17, 15) is 0 Å². The van der Waals surface area contributed by atoms with Gasteiger partial charge < -0.3 is 0 Å². The molecule has 0 N–H and O–H groups in total. The quantitative estimate of drug-likeness (QED) is 0.156. The number of benzene rings is 9. The Morgan fingerprint density at radius 3 is 0.388 bits per heavy atom. The molecule has 0 spiro atoms. The smallest absolute Gasteiger partial charge is 0.0349 e. The molecule has 0 nitrogen and oxygen atoms in total. The maximum absolute atomic E-state index is 2.62. The van der Waals surface area contributed by atoms with E-state index >= 15 is 0 Å². The Bertz CT molecular complexity index is 3120. The number of hydrogen-bond acceptors (Lipinski definition) is 0. The Morgan fingerprint density at radius 1 is 0.175 bits per heavy atom. The van der Waals surface area contributed by atoms with Crippen LogP contribution in [0.3, 0.4) is 0 Å². The molecule has 0 saturated carbocycles. The fourth-order valence-corrected chi connectivity index (χ4v) is 12.7. The standard InChI is InChI=1S/C80H86/c1-75(2,3)55-31-19-49(20-32-55)61-43-67-68(44-62(61)50-21-33-56(34-22-50)76(4,5)6)74-71-47-65(53-27-39-59(40-28-53)79(13,14)15)63(51-23-35-57(36-24-51)77(7,8)9)45-69(71)73(67)70-46-64(52-25-37-58(38-26-52)78(10,11)12)66(48-72(70)74)54-29-41-60(42-30-54)80(16,17)18/h19-48,73-74H,1-18H3. The molecule has 3 aliphatic rings. The highest BCUT2D eigenvalue weighted by Crippen LogP contribution is 2.60. The largest absolute Gasteiger partial charge is 0.0579 e. The van der Waals surface area contributed by atoms with Gasteiger partial charge in [-0.15, -0.1) is 0 Å². The third kappa shape index (κ3) is 10.2. The van der Waals surface area contributed by atoms with Crippen LogP contribution < -0.4 is 0 Å². The molecule has 0 heterocycles. The summed E-state index contributed by atoms with van der Waals surface area (Å²) < 4.78 is 0. The number of hydrogen-bond donors (Lipinski definition) is 0. The highest BCUT2D eigenvalue weighted by atomic mass is 14.5. The third-order valence-corrected chi connectivity index (χ3v) is 17.9. The Morgan fingerprint density at radius 2 is 0.287 bits per heavy atom. The van der Waals surface area contributed by atoms with Crippen LogP contribution >= 0.6 is 0 Å². The normalized spacial score (nSPS) is 15.4. The average Bonchev–Trinajstić information content (AvgIpc) is 3.60. The van der Waals surface area contributed by atoms with Crippen molar-refractivity contribution in [2.75, 3.05) is 0 Å². The maximum atomic E-state index is 2.62. The lowest BCUT2D eigenvalue weighted by atomic mass is 9.59. The van der Waals surface area contributed by atoms with Gasteiger partial charge in [-0.1, -0.05) is 270 Å². The van der Waals surface area contributed by atoms with Crippen LogP contribution in [0.1, 0.15) is 203 Å². The van der Waals surface area contributed by atoms with Crippen LogP contribution in [0.15, 0.2) is 182 Å².